The SMILES string of the molecule is CCCC(=O)OC(C)(C)C(Cl)(Cl)Cl. The number of hydrogen-bond acceptors (Lipinski definition) is 2. The topological polar surface area (TPSA) is 26.3 Å². The van der Waals surface area contributed by atoms with Gasteiger partial charge in [0.1, 0.15) is 0 Å². The Balaban J connectivity index is 4.26. The van der Waals surface area contributed by atoms with E-state index < -0.39 is 9.39 Å². The molecule has 0 bridgehead atoms. The minimum Gasteiger partial charge on any atom is -0.455 e. The van der Waals surface area contributed by atoms with Crippen molar-refractivity contribution >= 4 is 40.8 Å². The fourth-order valence-electron chi connectivity index (χ4n) is 0.598. The van der Waals surface area contributed by atoms with E-state index in [2.05, 4.69) is 0 Å². The molecule has 0 aromatic heterocycles. The van der Waals surface area contributed by atoms with Crippen molar-refractivity contribution in [2.75, 3.05) is 0 Å². The molecule has 0 saturated heterocycles. The first kappa shape index (κ1) is 13.3. The highest BCUT2D eigenvalue weighted by atomic mass is 35.6. The number of hydrogen-bond donors (Lipinski definition) is 0. The summed E-state index contributed by atoms with van der Waals surface area (Å²) in [5, 5.41) is 0. The zero-order valence-corrected chi connectivity index (χ0v) is 10.1. The minimum absolute atomic E-state index is 0.337. The third-order valence-electron chi connectivity index (χ3n) is 1.51. The van der Waals surface area contributed by atoms with Crippen molar-refractivity contribution < 1.29 is 9.53 Å². The summed E-state index contributed by atoms with van der Waals surface area (Å²) in [5.74, 6) is -0.348. The smallest absolute Gasteiger partial charge is 0.306 e. The van der Waals surface area contributed by atoms with Gasteiger partial charge in [-0.1, -0.05) is 41.7 Å². The largest absolute Gasteiger partial charge is 0.455 e. The van der Waals surface area contributed by atoms with Crippen LogP contribution in [-0.4, -0.2) is 15.4 Å². The Labute approximate surface area is 93.5 Å². The maximum Gasteiger partial charge on any atom is 0.306 e. The Bertz CT molecular complexity index is 184. The summed E-state index contributed by atoms with van der Waals surface area (Å²) < 4.78 is 3.41. The molecule has 0 N–H and O–H groups in total. The number of halogens is 3. The van der Waals surface area contributed by atoms with Crippen LogP contribution in [0.25, 0.3) is 0 Å². The summed E-state index contributed by atoms with van der Waals surface area (Å²) in [7, 11) is 0. The van der Waals surface area contributed by atoms with Crippen molar-refractivity contribution in [1.29, 1.82) is 0 Å². The Hall–Kier alpha value is 0.340. The zero-order valence-electron chi connectivity index (χ0n) is 7.86. The van der Waals surface area contributed by atoms with E-state index in [1.165, 1.54) is 0 Å². The van der Waals surface area contributed by atoms with Gasteiger partial charge in [0.15, 0.2) is 5.60 Å². The third kappa shape index (κ3) is 4.39. The van der Waals surface area contributed by atoms with Gasteiger partial charge >= 0.3 is 5.97 Å². The van der Waals surface area contributed by atoms with Gasteiger partial charge in [0, 0.05) is 6.42 Å². The Morgan fingerprint density at radius 2 is 1.77 bits per heavy atom. The van der Waals surface area contributed by atoms with Crippen LogP contribution in [0.1, 0.15) is 33.6 Å². The molecule has 0 aromatic carbocycles. The molecule has 0 amide bonds. The van der Waals surface area contributed by atoms with E-state index in [1.807, 2.05) is 6.92 Å². The number of carbonyl (C=O) groups excluding carboxylic acids is 1. The summed E-state index contributed by atoms with van der Waals surface area (Å²) >= 11 is 16.9. The fourth-order valence-corrected chi connectivity index (χ4v) is 0.713. The molecule has 0 aliphatic heterocycles. The molecule has 0 aliphatic rings. The van der Waals surface area contributed by atoms with Crippen LogP contribution in [0.3, 0.4) is 0 Å². The average molecular weight is 248 g/mol. The summed E-state index contributed by atoms with van der Waals surface area (Å²) in [6.07, 6.45) is 1.05. The summed E-state index contributed by atoms with van der Waals surface area (Å²) in [5.41, 5.74) is -1.09. The molecule has 0 radical (unpaired) electrons. The molecule has 5 heteroatoms. The second-order valence-corrected chi connectivity index (χ2v) is 5.51. The van der Waals surface area contributed by atoms with Crippen LogP contribution in [0.5, 0.6) is 0 Å². The summed E-state index contributed by atoms with van der Waals surface area (Å²) in [4.78, 5) is 11.1. The molecular weight excluding hydrogens is 234 g/mol. The molecule has 0 rings (SSSR count). The quantitative estimate of drug-likeness (QED) is 0.564. The van der Waals surface area contributed by atoms with E-state index in [4.69, 9.17) is 39.5 Å². The Kier molecular flexibility index (Phi) is 4.84. The first-order chi connectivity index (χ1) is 5.70. The first-order valence-electron chi connectivity index (χ1n) is 3.99. The number of rotatable bonds is 3. The van der Waals surface area contributed by atoms with Gasteiger partial charge in [-0.2, -0.15) is 0 Å². The van der Waals surface area contributed by atoms with Crippen molar-refractivity contribution in [3.8, 4) is 0 Å². The minimum atomic E-state index is -1.60. The standard InChI is InChI=1S/C8H13Cl3O2/c1-4-5-6(12)13-7(2,3)8(9,10)11/h4-5H2,1-3H3. The molecule has 13 heavy (non-hydrogen) atoms. The average Bonchev–Trinajstić information content (AvgIpc) is 1.83. The predicted molar refractivity (Wildman–Crippen MR) is 55.4 cm³/mol. The van der Waals surface area contributed by atoms with Crippen molar-refractivity contribution in [3.05, 3.63) is 0 Å². The second kappa shape index (κ2) is 4.72. The summed E-state index contributed by atoms with van der Waals surface area (Å²) in [6.45, 7) is 5.00. The molecule has 0 aliphatic carbocycles. The molecule has 0 unspecified atom stereocenters. The Morgan fingerprint density at radius 1 is 1.31 bits per heavy atom. The normalized spacial score (nSPS) is 12.8. The van der Waals surface area contributed by atoms with Crippen LogP contribution in [0.4, 0.5) is 0 Å². The van der Waals surface area contributed by atoms with Crippen molar-refractivity contribution in [1.82, 2.24) is 0 Å². The number of carbonyl (C=O) groups is 1. The molecule has 0 heterocycles. The highest BCUT2D eigenvalue weighted by Crippen LogP contribution is 2.40. The summed E-state index contributed by atoms with van der Waals surface area (Å²) in [6, 6.07) is 0. The van der Waals surface area contributed by atoms with Crippen molar-refractivity contribution in [2.24, 2.45) is 0 Å². The lowest BCUT2D eigenvalue weighted by atomic mass is 10.2. The lowest BCUT2D eigenvalue weighted by molar-refractivity contribution is -0.156. The van der Waals surface area contributed by atoms with Gasteiger partial charge in [-0.05, 0) is 20.3 Å². The zero-order chi connectivity index (χ0) is 10.7. The van der Waals surface area contributed by atoms with Gasteiger partial charge < -0.3 is 4.74 Å². The number of esters is 1. The molecule has 0 spiro atoms. The van der Waals surface area contributed by atoms with Crippen molar-refractivity contribution in [2.45, 2.75) is 43.0 Å². The van der Waals surface area contributed by atoms with Gasteiger partial charge in [-0.3, -0.25) is 4.79 Å². The van der Waals surface area contributed by atoms with E-state index in [9.17, 15) is 4.79 Å². The lowest BCUT2D eigenvalue weighted by Crippen LogP contribution is -2.41. The Morgan fingerprint density at radius 3 is 2.08 bits per heavy atom. The van der Waals surface area contributed by atoms with Crippen molar-refractivity contribution in [3.63, 3.8) is 0 Å². The van der Waals surface area contributed by atoms with E-state index in [0.29, 0.717) is 6.42 Å². The molecule has 2 nitrogen and oxygen atoms in total. The molecular formula is C8H13Cl3O2. The van der Waals surface area contributed by atoms with Gasteiger partial charge in [0.2, 0.25) is 3.79 Å². The molecule has 78 valence electrons. The van der Waals surface area contributed by atoms with Crippen LogP contribution in [-0.2, 0) is 9.53 Å². The highest BCUT2D eigenvalue weighted by molar-refractivity contribution is 6.68. The van der Waals surface area contributed by atoms with Gasteiger partial charge in [-0.25, -0.2) is 0 Å². The molecule has 0 atom stereocenters. The maximum atomic E-state index is 11.1. The highest BCUT2D eigenvalue weighted by Gasteiger charge is 2.43. The predicted octanol–water partition coefficient (Wildman–Crippen LogP) is 3.48. The fraction of sp³-hybridized carbons (Fsp3) is 0.875. The van der Waals surface area contributed by atoms with E-state index in [1.54, 1.807) is 13.8 Å². The van der Waals surface area contributed by atoms with Gasteiger partial charge in [-0.15, -0.1) is 0 Å². The lowest BCUT2D eigenvalue weighted by Gasteiger charge is -2.31. The number of alkyl halides is 3. The molecule has 0 aromatic rings. The van der Waals surface area contributed by atoms with Crippen LogP contribution >= 0.6 is 34.8 Å². The van der Waals surface area contributed by atoms with Gasteiger partial charge in [0.25, 0.3) is 0 Å². The monoisotopic (exact) mass is 246 g/mol. The van der Waals surface area contributed by atoms with E-state index in [0.717, 1.165) is 6.42 Å². The maximum absolute atomic E-state index is 11.1. The van der Waals surface area contributed by atoms with E-state index >= 15 is 0 Å². The van der Waals surface area contributed by atoms with Crippen LogP contribution < -0.4 is 0 Å². The molecule has 0 saturated carbocycles. The van der Waals surface area contributed by atoms with E-state index in [-0.39, 0.29) is 5.97 Å². The first-order valence-corrected chi connectivity index (χ1v) is 5.12. The van der Waals surface area contributed by atoms with Crippen LogP contribution in [0.15, 0.2) is 0 Å². The third-order valence-corrected chi connectivity index (χ3v) is 2.87. The second-order valence-electron chi connectivity index (χ2n) is 3.23. The van der Waals surface area contributed by atoms with Crippen LogP contribution in [0, 0.1) is 0 Å². The molecule has 0 fully saturated rings. The van der Waals surface area contributed by atoms with Gasteiger partial charge in [0.05, 0.1) is 0 Å². The number of ether oxygens (including phenoxy) is 1. The van der Waals surface area contributed by atoms with Crippen LogP contribution in [0.2, 0.25) is 0 Å².